The van der Waals surface area contributed by atoms with E-state index in [1.165, 1.54) is 0 Å². The van der Waals surface area contributed by atoms with Crippen molar-refractivity contribution in [2.45, 2.75) is 52.6 Å². The van der Waals surface area contributed by atoms with Crippen LogP contribution in [0.5, 0.6) is 0 Å². The number of anilines is 1. The molecule has 4 heteroatoms. The first-order chi connectivity index (χ1) is 8.02. The summed E-state index contributed by atoms with van der Waals surface area (Å²) in [4.78, 5) is 8.84. The van der Waals surface area contributed by atoms with Crippen molar-refractivity contribution >= 4 is 5.82 Å². The molecule has 1 rings (SSSR count). The fourth-order valence-electron chi connectivity index (χ4n) is 1.51. The molecule has 17 heavy (non-hydrogen) atoms. The highest BCUT2D eigenvalue weighted by Gasteiger charge is 2.06. The minimum Gasteiger partial charge on any atom is -0.393 e. The summed E-state index contributed by atoms with van der Waals surface area (Å²) in [5.74, 6) is 2.05. The molecule has 4 nitrogen and oxygen atoms in total. The molecule has 0 saturated carbocycles. The van der Waals surface area contributed by atoms with E-state index in [9.17, 15) is 5.11 Å². The van der Waals surface area contributed by atoms with E-state index in [0.717, 1.165) is 36.7 Å². The Hall–Kier alpha value is -1.16. The normalized spacial score (nSPS) is 12.8. The number of aryl methyl sites for hydroxylation is 1. The summed E-state index contributed by atoms with van der Waals surface area (Å²) in [5, 5.41) is 12.7. The molecule has 2 N–H and O–H groups in total. The average molecular weight is 237 g/mol. The lowest BCUT2D eigenvalue weighted by Gasteiger charge is -2.11. The topological polar surface area (TPSA) is 58.0 Å². The van der Waals surface area contributed by atoms with E-state index in [1.807, 2.05) is 19.9 Å². The number of hydrogen-bond acceptors (Lipinski definition) is 4. The van der Waals surface area contributed by atoms with Crippen molar-refractivity contribution in [3.8, 4) is 0 Å². The van der Waals surface area contributed by atoms with Crippen LogP contribution in [0.15, 0.2) is 6.07 Å². The Morgan fingerprint density at radius 2 is 2.06 bits per heavy atom. The Balaban J connectivity index is 2.59. The van der Waals surface area contributed by atoms with E-state index in [1.54, 1.807) is 0 Å². The summed E-state index contributed by atoms with van der Waals surface area (Å²) in [6.07, 6.45) is 1.31. The molecule has 1 unspecified atom stereocenters. The maximum atomic E-state index is 9.46. The van der Waals surface area contributed by atoms with Crippen LogP contribution in [-0.2, 0) is 0 Å². The third-order valence-corrected chi connectivity index (χ3v) is 2.64. The van der Waals surface area contributed by atoms with E-state index >= 15 is 0 Å². The van der Waals surface area contributed by atoms with Crippen molar-refractivity contribution in [2.75, 3.05) is 11.9 Å². The van der Waals surface area contributed by atoms with Crippen LogP contribution in [0, 0.1) is 6.92 Å². The van der Waals surface area contributed by atoms with E-state index in [2.05, 4.69) is 29.1 Å². The lowest BCUT2D eigenvalue weighted by atomic mass is 10.2. The number of nitrogens with zero attached hydrogens (tertiary/aromatic N) is 2. The summed E-state index contributed by atoms with van der Waals surface area (Å²) in [6.45, 7) is 8.86. The van der Waals surface area contributed by atoms with Crippen LogP contribution >= 0.6 is 0 Å². The monoisotopic (exact) mass is 237 g/mol. The van der Waals surface area contributed by atoms with Crippen LogP contribution in [0.1, 0.15) is 51.0 Å². The zero-order valence-electron chi connectivity index (χ0n) is 11.2. The number of aliphatic hydroxyl groups excluding tert-OH is 1. The van der Waals surface area contributed by atoms with E-state index < -0.39 is 0 Å². The number of aromatic nitrogens is 2. The first kappa shape index (κ1) is 13.9. The summed E-state index contributed by atoms with van der Waals surface area (Å²) in [7, 11) is 0. The van der Waals surface area contributed by atoms with Crippen molar-refractivity contribution in [3.63, 3.8) is 0 Å². The highest BCUT2D eigenvalue weighted by Crippen LogP contribution is 2.13. The van der Waals surface area contributed by atoms with Gasteiger partial charge in [-0.2, -0.15) is 0 Å². The van der Waals surface area contributed by atoms with Gasteiger partial charge in [0.15, 0.2) is 0 Å². The average Bonchev–Trinajstić information content (AvgIpc) is 2.28. The van der Waals surface area contributed by atoms with Crippen molar-refractivity contribution < 1.29 is 5.11 Å². The maximum Gasteiger partial charge on any atom is 0.133 e. The van der Waals surface area contributed by atoms with Crippen molar-refractivity contribution in [1.82, 2.24) is 9.97 Å². The highest BCUT2D eigenvalue weighted by molar-refractivity contribution is 5.36. The van der Waals surface area contributed by atoms with Gasteiger partial charge in [0.1, 0.15) is 11.6 Å². The highest BCUT2D eigenvalue weighted by atomic mass is 16.3. The molecule has 1 aromatic heterocycles. The van der Waals surface area contributed by atoms with Crippen molar-refractivity contribution in [3.05, 3.63) is 17.6 Å². The largest absolute Gasteiger partial charge is 0.393 e. The van der Waals surface area contributed by atoms with Gasteiger partial charge in [0.25, 0.3) is 0 Å². The second kappa shape index (κ2) is 6.55. The van der Waals surface area contributed by atoms with E-state index in [0.29, 0.717) is 5.92 Å². The molecule has 0 aliphatic rings. The summed E-state index contributed by atoms with van der Waals surface area (Å²) in [6, 6.07) is 1.93. The van der Waals surface area contributed by atoms with Crippen LogP contribution in [0.2, 0.25) is 0 Å². The SMILES string of the molecule is CCC(O)CCNc1cc(C)nc(C(C)C)n1. The Morgan fingerprint density at radius 1 is 1.35 bits per heavy atom. The van der Waals surface area contributed by atoms with Gasteiger partial charge in [0.05, 0.1) is 6.10 Å². The first-order valence-corrected chi connectivity index (χ1v) is 6.30. The molecular weight excluding hydrogens is 214 g/mol. The molecule has 0 spiro atoms. The van der Waals surface area contributed by atoms with Gasteiger partial charge in [-0.15, -0.1) is 0 Å². The fourth-order valence-corrected chi connectivity index (χ4v) is 1.51. The zero-order valence-corrected chi connectivity index (χ0v) is 11.2. The van der Waals surface area contributed by atoms with Crippen molar-refractivity contribution in [2.24, 2.45) is 0 Å². The molecular formula is C13H23N3O. The summed E-state index contributed by atoms with van der Waals surface area (Å²) < 4.78 is 0. The van der Waals surface area contributed by atoms with Crippen LogP contribution in [0.3, 0.4) is 0 Å². The quantitative estimate of drug-likeness (QED) is 0.798. The predicted molar refractivity (Wildman–Crippen MR) is 70.3 cm³/mol. The fraction of sp³-hybridized carbons (Fsp3) is 0.692. The minimum absolute atomic E-state index is 0.227. The molecule has 1 heterocycles. The molecule has 0 amide bonds. The summed E-state index contributed by atoms with van der Waals surface area (Å²) in [5.41, 5.74) is 0.974. The van der Waals surface area contributed by atoms with Gasteiger partial charge in [-0.05, 0) is 19.8 Å². The van der Waals surface area contributed by atoms with Gasteiger partial charge >= 0.3 is 0 Å². The number of nitrogens with one attached hydrogen (secondary N) is 1. The molecule has 1 atom stereocenters. The maximum absolute atomic E-state index is 9.46. The lowest BCUT2D eigenvalue weighted by molar-refractivity contribution is 0.164. The Kier molecular flexibility index (Phi) is 5.35. The Labute approximate surface area is 103 Å². The lowest BCUT2D eigenvalue weighted by Crippen LogP contribution is -2.14. The minimum atomic E-state index is -0.227. The molecule has 0 bridgehead atoms. The second-order valence-corrected chi connectivity index (χ2v) is 4.68. The predicted octanol–water partition coefficient (Wildman–Crippen LogP) is 2.48. The third-order valence-electron chi connectivity index (χ3n) is 2.64. The van der Waals surface area contributed by atoms with Gasteiger partial charge < -0.3 is 10.4 Å². The standard InChI is InChI=1S/C13H23N3O/c1-5-11(17)6-7-14-12-8-10(4)15-13(16-12)9(2)3/h8-9,11,17H,5-7H2,1-4H3,(H,14,15,16). The molecule has 0 fully saturated rings. The van der Waals surface area contributed by atoms with Gasteiger partial charge in [0, 0.05) is 24.2 Å². The molecule has 0 aliphatic carbocycles. The van der Waals surface area contributed by atoms with E-state index in [4.69, 9.17) is 0 Å². The van der Waals surface area contributed by atoms with Crippen molar-refractivity contribution in [1.29, 1.82) is 0 Å². The Morgan fingerprint density at radius 3 is 2.65 bits per heavy atom. The number of aliphatic hydroxyl groups is 1. The van der Waals surface area contributed by atoms with Gasteiger partial charge in [-0.25, -0.2) is 9.97 Å². The molecule has 96 valence electrons. The van der Waals surface area contributed by atoms with Gasteiger partial charge in [-0.3, -0.25) is 0 Å². The Bertz CT molecular complexity index is 353. The third kappa shape index (κ3) is 4.69. The first-order valence-electron chi connectivity index (χ1n) is 6.30. The smallest absolute Gasteiger partial charge is 0.133 e. The summed E-state index contributed by atoms with van der Waals surface area (Å²) >= 11 is 0. The van der Waals surface area contributed by atoms with Crippen LogP contribution in [0.4, 0.5) is 5.82 Å². The van der Waals surface area contributed by atoms with E-state index in [-0.39, 0.29) is 6.10 Å². The van der Waals surface area contributed by atoms with Crippen LogP contribution in [-0.4, -0.2) is 27.7 Å². The van der Waals surface area contributed by atoms with Crippen LogP contribution in [0.25, 0.3) is 0 Å². The van der Waals surface area contributed by atoms with Gasteiger partial charge in [0.2, 0.25) is 0 Å². The second-order valence-electron chi connectivity index (χ2n) is 4.68. The molecule has 0 radical (unpaired) electrons. The molecule has 0 aromatic carbocycles. The molecule has 0 aliphatic heterocycles. The van der Waals surface area contributed by atoms with Crippen LogP contribution < -0.4 is 5.32 Å². The zero-order chi connectivity index (χ0) is 12.8. The number of hydrogen-bond donors (Lipinski definition) is 2. The molecule has 1 aromatic rings. The van der Waals surface area contributed by atoms with Gasteiger partial charge in [-0.1, -0.05) is 20.8 Å². The number of rotatable bonds is 6. The molecule has 0 saturated heterocycles.